The Morgan fingerprint density at radius 1 is 1.00 bits per heavy atom. The molecule has 3 N–H and O–H groups in total. The van der Waals surface area contributed by atoms with Crippen molar-refractivity contribution in [2.24, 2.45) is 11.3 Å². The lowest BCUT2D eigenvalue weighted by Crippen LogP contribution is -2.58. The van der Waals surface area contributed by atoms with Gasteiger partial charge in [-0.15, -0.1) is 0 Å². The van der Waals surface area contributed by atoms with Gasteiger partial charge in [0.05, 0.1) is 29.5 Å². The van der Waals surface area contributed by atoms with Crippen LogP contribution in [0.5, 0.6) is 0 Å². The minimum atomic E-state index is -0.742. The second-order valence-corrected chi connectivity index (χ2v) is 13.3. The number of pyridine rings is 1. The van der Waals surface area contributed by atoms with Crippen LogP contribution in [-0.4, -0.2) is 73.8 Å². The third kappa shape index (κ3) is 3.10. The van der Waals surface area contributed by atoms with Gasteiger partial charge in [0.25, 0.3) is 0 Å². The summed E-state index contributed by atoms with van der Waals surface area (Å²) in [6.45, 7) is 3.33. The van der Waals surface area contributed by atoms with E-state index in [0.29, 0.717) is 31.3 Å². The highest BCUT2D eigenvalue weighted by molar-refractivity contribution is 5.82. The van der Waals surface area contributed by atoms with Gasteiger partial charge in [-0.3, -0.25) is 9.88 Å². The summed E-state index contributed by atoms with van der Waals surface area (Å²) < 4.78 is 7.40. The zero-order valence-corrected chi connectivity index (χ0v) is 22.1. The molecular formula is C32H38N2O4. The van der Waals surface area contributed by atoms with Gasteiger partial charge in [0.15, 0.2) is 0 Å². The van der Waals surface area contributed by atoms with E-state index in [1.807, 2.05) is 12.4 Å². The van der Waals surface area contributed by atoms with E-state index in [-0.39, 0.29) is 22.7 Å². The number of ether oxygens (including phenoxy) is 1. The lowest BCUT2D eigenvalue weighted by molar-refractivity contribution is -0.150. The van der Waals surface area contributed by atoms with E-state index in [9.17, 15) is 15.3 Å². The van der Waals surface area contributed by atoms with Crippen molar-refractivity contribution in [2.45, 2.75) is 93.3 Å². The maximum Gasteiger partial charge on any atom is 0.0974 e. The highest BCUT2D eigenvalue weighted by Gasteiger charge is 2.67. The van der Waals surface area contributed by atoms with Gasteiger partial charge in [-0.25, -0.2) is 0 Å². The average molecular weight is 515 g/mol. The normalized spacial score (nSPS) is 45.9. The molecule has 2 aromatic rings. The molecule has 1 aromatic carbocycles. The Balaban J connectivity index is 1.14. The number of β-amino-alcohol motifs (C(OH)–C–C–N with tert-alkyl or cyclic N) is 2. The third-order valence-corrected chi connectivity index (χ3v) is 11.6. The highest BCUT2D eigenvalue weighted by atomic mass is 16.5. The maximum absolute atomic E-state index is 11.2. The fourth-order valence-corrected chi connectivity index (χ4v) is 9.67. The number of allylic oxidation sites excluding steroid dienone is 1. The van der Waals surface area contributed by atoms with Crippen molar-refractivity contribution >= 4 is 10.8 Å². The molecule has 9 atom stereocenters. The fourth-order valence-electron chi connectivity index (χ4n) is 9.67. The molecule has 6 nitrogen and oxygen atoms in total. The van der Waals surface area contributed by atoms with Crippen molar-refractivity contribution in [1.82, 2.24) is 9.88 Å². The Morgan fingerprint density at radius 2 is 1.84 bits per heavy atom. The predicted octanol–water partition coefficient (Wildman–Crippen LogP) is 3.85. The van der Waals surface area contributed by atoms with Crippen LogP contribution in [0.3, 0.4) is 0 Å². The van der Waals surface area contributed by atoms with E-state index >= 15 is 0 Å². The average Bonchev–Trinajstić information content (AvgIpc) is 3.55. The molecule has 6 heteroatoms. The zero-order chi connectivity index (χ0) is 25.9. The summed E-state index contributed by atoms with van der Waals surface area (Å²) in [5.74, 6) is 0.950. The van der Waals surface area contributed by atoms with Crippen LogP contribution in [0.15, 0.2) is 60.0 Å². The van der Waals surface area contributed by atoms with E-state index in [0.717, 1.165) is 25.7 Å². The van der Waals surface area contributed by atoms with Crippen molar-refractivity contribution in [2.75, 3.05) is 13.1 Å². The molecule has 0 radical (unpaired) electrons. The minimum absolute atomic E-state index is 0.0999. The maximum atomic E-state index is 11.2. The van der Waals surface area contributed by atoms with Gasteiger partial charge in [-0.2, -0.15) is 0 Å². The lowest BCUT2D eigenvalue weighted by atomic mass is 9.58. The van der Waals surface area contributed by atoms with E-state index in [2.05, 4.69) is 53.2 Å². The number of fused-ring (bicyclic) bond motifs is 2. The zero-order valence-electron chi connectivity index (χ0n) is 22.1. The molecule has 3 aliphatic carbocycles. The number of benzene rings is 1. The first kappa shape index (κ1) is 23.8. The molecule has 4 fully saturated rings. The number of aliphatic hydroxyl groups is 3. The van der Waals surface area contributed by atoms with Crippen LogP contribution < -0.4 is 0 Å². The van der Waals surface area contributed by atoms with Crippen LogP contribution in [0.2, 0.25) is 0 Å². The summed E-state index contributed by atoms with van der Waals surface area (Å²) >= 11 is 0. The van der Waals surface area contributed by atoms with Crippen molar-refractivity contribution in [1.29, 1.82) is 0 Å². The molecular weight excluding hydrogens is 476 g/mol. The Morgan fingerprint density at radius 3 is 2.68 bits per heavy atom. The van der Waals surface area contributed by atoms with Crippen LogP contribution in [-0.2, 0) is 4.74 Å². The molecule has 8 rings (SSSR count). The van der Waals surface area contributed by atoms with Crippen LogP contribution >= 0.6 is 0 Å². The first-order valence-corrected chi connectivity index (χ1v) is 14.6. The highest BCUT2D eigenvalue weighted by Crippen LogP contribution is 2.69. The summed E-state index contributed by atoms with van der Waals surface area (Å²) in [4.78, 5) is 6.46. The molecule has 3 aliphatic heterocycles. The first-order chi connectivity index (χ1) is 18.3. The van der Waals surface area contributed by atoms with E-state index in [4.69, 9.17) is 4.74 Å². The van der Waals surface area contributed by atoms with E-state index in [1.165, 1.54) is 40.3 Å². The Labute approximate surface area is 224 Å². The lowest BCUT2D eigenvalue weighted by Gasteiger charge is -2.55. The number of rotatable bonds is 2. The third-order valence-electron chi connectivity index (χ3n) is 11.6. The molecule has 2 spiro atoms. The number of likely N-dealkylation sites (tertiary alicyclic amines) is 1. The van der Waals surface area contributed by atoms with Gasteiger partial charge >= 0.3 is 0 Å². The van der Waals surface area contributed by atoms with E-state index < -0.39 is 18.3 Å². The molecule has 2 saturated carbocycles. The number of aromatic nitrogens is 1. The predicted molar refractivity (Wildman–Crippen MR) is 144 cm³/mol. The monoisotopic (exact) mass is 514 g/mol. The van der Waals surface area contributed by atoms with Crippen molar-refractivity contribution < 1.29 is 20.1 Å². The standard InChI is InChI=1S/C32H38N2O4/c1-30-8-6-22-13-23-14-26(35)25(34-17-27(36)28(37)18-34)15-31(23)9-10-32(22,38-31)29(30)5-4-24(30)20-3-2-19-7-11-33-16-21(19)12-20/h2-3,6-7,11-13,16,24-29,35-37H,4-5,8-10,14-15,17-18H2,1H3/t24-,25+,26-,27+,28+,29-,30-,31-,32?/m1/s1. The quantitative estimate of drug-likeness (QED) is 0.565. The Hall–Kier alpha value is -2.09. The molecule has 0 amide bonds. The summed E-state index contributed by atoms with van der Waals surface area (Å²) in [5.41, 5.74) is 3.57. The molecule has 1 aromatic heterocycles. The molecule has 4 heterocycles. The van der Waals surface area contributed by atoms with Gasteiger partial charge in [-0.1, -0.05) is 31.2 Å². The Bertz CT molecular complexity index is 1360. The van der Waals surface area contributed by atoms with Crippen molar-refractivity contribution in [3.8, 4) is 0 Å². The topological polar surface area (TPSA) is 86.1 Å². The molecule has 200 valence electrons. The van der Waals surface area contributed by atoms with Crippen molar-refractivity contribution in [3.05, 3.63) is 65.5 Å². The largest absolute Gasteiger partial charge is 0.391 e. The fraction of sp³-hybridized carbons (Fsp3) is 0.594. The van der Waals surface area contributed by atoms with Crippen LogP contribution in [0.25, 0.3) is 10.8 Å². The second-order valence-electron chi connectivity index (χ2n) is 13.3. The second kappa shape index (κ2) is 7.98. The van der Waals surface area contributed by atoms with Gasteiger partial charge < -0.3 is 20.1 Å². The molecule has 6 aliphatic rings. The summed E-state index contributed by atoms with van der Waals surface area (Å²) in [6.07, 6.45) is 13.5. The van der Waals surface area contributed by atoms with Gasteiger partial charge in [0.1, 0.15) is 0 Å². The molecule has 2 saturated heterocycles. The van der Waals surface area contributed by atoms with Crippen LogP contribution in [0.1, 0.15) is 63.4 Å². The summed E-state index contributed by atoms with van der Waals surface area (Å²) in [6, 6.07) is 8.93. The van der Waals surface area contributed by atoms with Crippen molar-refractivity contribution in [3.63, 3.8) is 0 Å². The molecule has 38 heavy (non-hydrogen) atoms. The van der Waals surface area contributed by atoms with Gasteiger partial charge in [0, 0.05) is 36.9 Å². The SMILES string of the molecule is C[C@]12CC=C3C=C4C[C@@H](O)[C@@H](N5C[C@H](O)[C@@H](O)C5)C[C@]45CCC3(O5)[C@@H]1CC[C@@H]2c1ccc2ccncc2c1. The first-order valence-electron chi connectivity index (χ1n) is 14.6. The van der Waals surface area contributed by atoms with Crippen LogP contribution in [0, 0.1) is 11.3 Å². The van der Waals surface area contributed by atoms with Gasteiger partial charge in [0.2, 0.25) is 0 Å². The summed E-state index contributed by atoms with van der Waals surface area (Å²) in [5, 5.41) is 34.0. The number of hydrogen-bond acceptors (Lipinski definition) is 6. The van der Waals surface area contributed by atoms with Gasteiger partial charge in [-0.05, 0) is 96.4 Å². The molecule has 1 unspecified atom stereocenters. The number of nitrogens with zero attached hydrogens (tertiary/aromatic N) is 2. The molecule has 2 bridgehead atoms. The number of hydrogen-bond donors (Lipinski definition) is 3. The van der Waals surface area contributed by atoms with Crippen LogP contribution in [0.4, 0.5) is 0 Å². The summed E-state index contributed by atoms with van der Waals surface area (Å²) in [7, 11) is 0. The minimum Gasteiger partial charge on any atom is -0.391 e. The Kier molecular flexibility index (Phi) is 4.99. The number of aliphatic hydroxyl groups excluding tert-OH is 3. The smallest absolute Gasteiger partial charge is 0.0974 e. The van der Waals surface area contributed by atoms with E-state index in [1.54, 1.807) is 0 Å².